The van der Waals surface area contributed by atoms with Gasteiger partial charge in [0, 0.05) is 26.3 Å². The average Bonchev–Trinajstić information content (AvgIpc) is 2.36. The molecule has 0 N–H and O–H groups in total. The van der Waals surface area contributed by atoms with Crippen molar-refractivity contribution in [2.75, 3.05) is 32.1 Å². The number of fused-ring (bicyclic) bond motifs is 1. The van der Waals surface area contributed by atoms with E-state index in [2.05, 4.69) is 4.74 Å². The molecular formula is C14H17F3N2O2. The summed E-state index contributed by atoms with van der Waals surface area (Å²) >= 11 is 0. The second kappa shape index (κ2) is 5.83. The van der Waals surface area contributed by atoms with Crippen LogP contribution in [0.4, 0.5) is 18.9 Å². The van der Waals surface area contributed by atoms with Gasteiger partial charge in [0.15, 0.2) is 0 Å². The van der Waals surface area contributed by atoms with Crippen LogP contribution in [0.1, 0.15) is 12.0 Å². The fourth-order valence-corrected chi connectivity index (χ4v) is 2.32. The highest BCUT2D eigenvalue weighted by Crippen LogP contribution is 2.32. The second-order valence-electron chi connectivity index (χ2n) is 5.15. The van der Waals surface area contributed by atoms with Crippen LogP contribution in [0.25, 0.3) is 0 Å². The van der Waals surface area contributed by atoms with E-state index in [-0.39, 0.29) is 18.2 Å². The summed E-state index contributed by atoms with van der Waals surface area (Å²) in [5, 5.41) is 0. The number of benzene rings is 1. The molecule has 0 spiro atoms. The predicted molar refractivity (Wildman–Crippen MR) is 72.4 cm³/mol. The Morgan fingerprint density at radius 3 is 2.71 bits per heavy atom. The van der Waals surface area contributed by atoms with Crippen LogP contribution < -0.4 is 9.64 Å². The van der Waals surface area contributed by atoms with Crippen LogP contribution >= 0.6 is 0 Å². The topological polar surface area (TPSA) is 32.8 Å². The first-order valence-corrected chi connectivity index (χ1v) is 6.60. The van der Waals surface area contributed by atoms with E-state index >= 15 is 0 Å². The van der Waals surface area contributed by atoms with Gasteiger partial charge >= 0.3 is 6.36 Å². The molecule has 1 heterocycles. The predicted octanol–water partition coefficient (Wildman–Crippen LogP) is 2.43. The van der Waals surface area contributed by atoms with Crippen molar-refractivity contribution in [3.8, 4) is 5.75 Å². The Morgan fingerprint density at radius 1 is 1.38 bits per heavy atom. The third kappa shape index (κ3) is 4.03. The monoisotopic (exact) mass is 302 g/mol. The smallest absolute Gasteiger partial charge is 0.406 e. The van der Waals surface area contributed by atoms with Crippen LogP contribution in [0.2, 0.25) is 0 Å². The third-order valence-corrected chi connectivity index (χ3v) is 3.32. The first-order valence-electron chi connectivity index (χ1n) is 6.60. The standard InChI is InChI=1S/C14H17F3N2O2/c1-18(2)13(20)9-19-7-3-4-10-8-11(5-6-12(10)19)21-14(15,16)17/h5-6,8H,3-4,7,9H2,1-2H3. The molecule has 0 aliphatic carbocycles. The molecule has 7 heteroatoms. The van der Waals surface area contributed by atoms with Crippen molar-refractivity contribution in [3.63, 3.8) is 0 Å². The number of alkyl halides is 3. The van der Waals surface area contributed by atoms with Crippen LogP contribution in [0, 0.1) is 0 Å². The largest absolute Gasteiger partial charge is 0.573 e. The zero-order chi connectivity index (χ0) is 15.6. The van der Waals surface area contributed by atoms with E-state index in [4.69, 9.17) is 0 Å². The average molecular weight is 302 g/mol. The highest BCUT2D eigenvalue weighted by Gasteiger charge is 2.31. The number of rotatable bonds is 3. The lowest BCUT2D eigenvalue weighted by atomic mass is 10.0. The molecule has 0 radical (unpaired) electrons. The van der Waals surface area contributed by atoms with Gasteiger partial charge in [0.2, 0.25) is 5.91 Å². The molecule has 0 fully saturated rings. The van der Waals surface area contributed by atoms with Gasteiger partial charge in [-0.25, -0.2) is 0 Å². The molecule has 4 nitrogen and oxygen atoms in total. The number of halogens is 3. The minimum absolute atomic E-state index is 0.0431. The van der Waals surface area contributed by atoms with E-state index in [0.29, 0.717) is 13.0 Å². The number of anilines is 1. The lowest BCUT2D eigenvalue weighted by Crippen LogP contribution is -2.39. The number of carbonyl (C=O) groups is 1. The van der Waals surface area contributed by atoms with Crippen LogP contribution in [0.15, 0.2) is 18.2 Å². The molecule has 1 aromatic carbocycles. The quantitative estimate of drug-likeness (QED) is 0.859. The third-order valence-electron chi connectivity index (χ3n) is 3.32. The number of hydrogen-bond acceptors (Lipinski definition) is 3. The Labute approximate surface area is 121 Å². The maximum absolute atomic E-state index is 12.2. The summed E-state index contributed by atoms with van der Waals surface area (Å²) in [6, 6.07) is 4.26. The van der Waals surface area contributed by atoms with Gasteiger partial charge in [-0.2, -0.15) is 0 Å². The highest BCUT2D eigenvalue weighted by atomic mass is 19.4. The van der Waals surface area contributed by atoms with Crippen molar-refractivity contribution in [2.24, 2.45) is 0 Å². The van der Waals surface area contributed by atoms with Gasteiger partial charge in [-0.05, 0) is 36.6 Å². The number of nitrogens with zero attached hydrogens (tertiary/aromatic N) is 2. The van der Waals surface area contributed by atoms with E-state index in [1.807, 2.05) is 4.90 Å². The van der Waals surface area contributed by atoms with E-state index in [1.54, 1.807) is 20.2 Å². The normalized spacial score (nSPS) is 14.6. The highest BCUT2D eigenvalue weighted by molar-refractivity contribution is 5.81. The lowest BCUT2D eigenvalue weighted by Gasteiger charge is -2.31. The van der Waals surface area contributed by atoms with Gasteiger partial charge in [-0.1, -0.05) is 0 Å². The van der Waals surface area contributed by atoms with Crippen LogP contribution in [-0.4, -0.2) is 44.4 Å². The fourth-order valence-electron chi connectivity index (χ4n) is 2.32. The van der Waals surface area contributed by atoms with Crippen molar-refractivity contribution < 1.29 is 22.7 Å². The molecule has 21 heavy (non-hydrogen) atoms. The van der Waals surface area contributed by atoms with Crippen LogP contribution in [0.3, 0.4) is 0 Å². The van der Waals surface area contributed by atoms with Crippen molar-refractivity contribution in [1.82, 2.24) is 4.90 Å². The first-order chi connectivity index (χ1) is 9.76. The first kappa shape index (κ1) is 15.5. The zero-order valence-electron chi connectivity index (χ0n) is 11.9. The molecular weight excluding hydrogens is 285 g/mol. The Morgan fingerprint density at radius 2 is 2.10 bits per heavy atom. The van der Waals surface area contributed by atoms with E-state index in [9.17, 15) is 18.0 Å². The van der Waals surface area contributed by atoms with E-state index in [0.717, 1.165) is 17.7 Å². The van der Waals surface area contributed by atoms with Gasteiger partial charge in [0.25, 0.3) is 0 Å². The number of amides is 1. The van der Waals surface area contributed by atoms with Gasteiger partial charge < -0.3 is 14.5 Å². The Balaban J connectivity index is 2.18. The maximum Gasteiger partial charge on any atom is 0.573 e. The maximum atomic E-state index is 12.2. The molecule has 1 aliphatic heterocycles. The summed E-state index contributed by atoms with van der Waals surface area (Å²) < 4.78 is 40.6. The fraction of sp³-hybridized carbons (Fsp3) is 0.500. The zero-order valence-corrected chi connectivity index (χ0v) is 11.9. The van der Waals surface area contributed by atoms with Gasteiger partial charge in [0.05, 0.1) is 6.54 Å². The van der Waals surface area contributed by atoms with Gasteiger partial charge in [-0.15, -0.1) is 13.2 Å². The summed E-state index contributed by atoms with van der Waals surface area (Å²) in [5.74, 6) is -0.263. The number of hydrogen-bond donors (Lipinski definition) is 0. The van der Waals surface area contributed by atoms with Crippen molar-refractivity contribution in [1.29, 1.82) is 0 Å². The lowest BCUT2D eigenvalue weighted by molar-refractivity contribution is -0.274. The van der Waals surface area contributed by atoms with E-state index < -0.39 is 6.36 Å². The van der Waals surface area contributed by atoms with Crippen LogP contribution in [0.5, 0.6) is 5.75 Å². The van der Waals surface area contributed by atoms with Crippen LogP contribution in [-0.2, 0) is 11.2 Å². The molecule has 0 saturated carbocycles. The molecule has 2 rings (SSSR count). The molecule has 0 unspecified atom stereocenters. The van der Waals surface area contributed by atoms with Crippen molar-refractivity contribution in [2.45, 2.75) is 19.2 Å². The molecule has 116 valence electrons. The number of carbonyl (C=O) groups excluding carboxylic acids is 1. The number of aryl methyl sites for hydroxylation is 1. The Hall–Kier alpha value is -1.92. The van der Waals surface area contributed by atoms with Gasteiger partial charge in [0.1, 0.15) is 5.75 Å². The molecule has 1 aliphatic rings. The molecule has 0 saturated heterocycles. The number of ether oxygens (including phenoxy) is 1. The Bertz CT molecular complexity index is 529. The minimum Gasteiger partial charge on any atom is -0.406 e. The minimum atomic E-state index is -4.69. The SMILES string of the molecule is CN(C)C(=O)CN1CCCc2cc(OC(F)(F)F)ccc21. The summed E-state index contributed by atoms with van der Waals surface area (Å²) in [5.41, 5.74) is 1.57. The molecule has 1 amide bonds. The summed E-state index contributed by atoms with van der Waals surface area (Å²) in [4.78, 5) is 15.2. The van der Waals surface area contributed by atoms with E-state index in [1.165, 1.54) is 17.0 Å². The molecule has 0 bridgehead atoms. The van der Waals surface area contributed by atoms with Gasteiger partial charge in [-0.3, -0.25) is 4.79 Å². The Kier molecular flexibility index (Phi) is 4.29. The molecule has 1 aromatic rings. The number of likely N-dealkylation sites (N-methyl/N-ethyl adjacent to an activating group) is 1. The molecule has 0 atom stereocenters. The molecule has 0 aromatic heterocycles. The van der Waals surface area contributed by atoms with Crippen molar-refractivity contribution >= 4 is 11.6 Å². The summed E-state index contributed by atoms with van der Waals surface area (Å²) in [6.45, 7) is 0.936. The van der Waals surface area contributed by atoms with Crippen molar-refractivity contribution in [3.05, 3.63) is 23.8 Å². The summed E-state index contributed by atoms with van der Waals surface area (Å²) in [7, 11) is 3.35. The second-order valence-corrected chi connectivity index (χ2v) is 5.15. The summed E-state index contributed by atoms with van der Waals surface area (Å²) in [6.07, 6.45) is -3.22.